The zero-order valence-electron chi connectivity index (χ0n) is 10.3. The first-order valence-electron chi connectivity index (χ1n) is 6.26. The minimum Gasteiger partial charge on any atom is -0.313 e. The number of hydrogen-bond donors (Lipinski definition) is 2. The molecule has 1 aromatic rings. The molecule has 2 N–H and O–H groups in total. The molecule has 0 bridgehead atoms. The molecular weight excluding hydrogens is 196 g/mol. The van der Waals surface area contributed by atoms with E-state index in [0.29, 0.717) is 6.04 Å². The lowest BCUT2D eigenvalue weighted by atomic mass is 10.1. The third-order valence-corrected chi connectivity index (χ3v) is 3.37. The van der Waals surface area contributed by atoms with Crippen LogP contribution in [-0.2, 0) is 6.54 Å². The third-order valence-electron chi connectivity index (χ3n) is 3.37. The third kappa shape index (κ3) is 3.06. The van der Waals surface area contributed by atoms with E-state index in [1.165, 1.54) is 36.1 Å². The van der Waals surface area contributed by atoms with E-state index in [0.717, 1.165) is 13.1 Å². The standard InChI is InChI=1S/C14H22N2/c1-11-5-6-13(12(2)8-11)9-15-10-14-4-3-7-16-14/h5-6,8,14-16H,3-4,7,9-10H2,1-2H3. The normalized spacial score (nSPS) is 20.2. The SMILES string of the molecule is Cc1ccc(CNCC2CCCN2)c(C)c1. The topological polar surface area (TPSA) is 24.1 Å². The van der Waals surface area contributed by atoms with Crippen molar-refractivity contribution in [2.24, 2.45) is 0 Å². The van der Waals surface area contributed by atoms with Crippen molar-refractivity contribution in [1.82, 2.24) is 10.6 Å². The van der Waals surface area contributed by atoms with Crippen molar-refractivity contribution in [3.63, 3.8) is 0 Å². The average Bonchev–Trinajstić information content (AvgIpc) is 2.74. The number of rotatable bonds is 4. The Morgan fingerprint density at radius 3 is 2.94 bits per heavy atom. The fraction of sp³-hybridized carbons (Fsp3) is 0.571. The van der Waals surface area contributed by atoms with Crippen molar-refractivity contribution < 1.29 is 0 Å². The highest BCUT2D eigenvalue weighted by Gasteiger charge is 2.12. The summed E-state index contributed by atoms with van der Waals surface area (Å²) >= 11 is 0. The first kappa shape index (κ1) is 11.6. The van der Waals surface area contributed by atoms with Gasteiger partial charge in [-0.15, -0.1) is 0 Å². The van der Waals surface area contributed by atoms with Crippen LogP contribution in [0.3, 0.4) is 0 Å². The lowest BCUT2D eigenvalue weighted by molar-refractivity contribution is 0.535. The van der Waals surface area contributed by atoms with Gasteiger partial charge in [0.25, 0.3) is 0 Å². The molecule has 0 aromatic heterocycles. The summed E-state index contributed by atoms with van der Waals surface area (Å²) in [5, 5.41) is 7.05. The van der Waals surface area contributed by atoms with E-state index in [2.05, 4.69) is 42.7 Å². The molecule has 0 amide bonds. The molecule has 1 atom stereocenters. The zero-order valence-corrected chi connectivity index (χ0v) is 10.3. The first-order valence-corrected chi connectivity index (χ1v) is 6.26. The summed E-state index contributed by atoms with van der Waals surface area (Å²) in [6.07, 6.45) is 2.65. The van der Waals surface area contributed by atoms with Gasteiger partial charge in [0.05, 0.1) is 0 Å². The first-order chi connectivity index (χ1) is 7.75. The molecule has 0 saturated carbocycles. The van der Waals surface area contributed by atoms with Crippen molar-refractivity contribution in [1.29, 1.82) is 0 Å². The molecule has 2 heteroatoms. The summed E-state index contributed by atoms with van der Waals surface area (Å²) in [7, 11) is 0. The van der Waals surface area contributed by atoms with Crippen LogP contribution in [0.4, 0.5) is 0 Å². The number of hydrogen-bond acceptors (Lipinski definition) is 2. The lowest BCUT2D eigenvalue weighted by Crippen LogP contribution is -2.33. The van der Waals surface area contributed by atoms with E-state index in [9.17, 15) is 0 Å². The van der Waals surface area contributed by atoms with E-state index in [1.54, 1.807) is 0 Å². The highest BCUT2D eigenvalue weighted by molar-refractivity contribution is 5.30. The van der Waals surface area contributed by atoms with Gasteiger partial charge in [-0.05, 0) is 44.4 Å². The maximum atomic E-state index is 3.54. The molecule has 0 radical (unpaired) electrons. The van der Waals surface area contributed by atoms with Crippen LogP contribution in [0.15, 0.2) is 18.2 Å². The fourth-order valence-electron chi connectivity index (χ4n) is 2.36. The molecule has 88 valence electrons. The summed E-state index contributed by atoms with van der Waals surface area (Å²) in [4.78, 5) is 0. The molecule has 1 saturated heterocycles. The smallest absolute Gasteiger partial charge is 0.0208 e. The van der Waals surface area contributed by atoms with Crippen LogP contribution in [-0.4, -0.2) is 19.1 Å². The quantitative estimate of drug-likeness (QED) is 0.809. The highest BCUT2D eigenvalue weighted by Crippen LogP contribution is 2.10. The van der Waals surface area contributed by atoms with Crippen molar-refractivity contribution in [3.05, 3.63) is 34.9 Å². The Kier molecular flexibility index (Phi) is 3.97. The van der Waals surface area contributed by atoms with Gasteiger partial charge >= 0.3 is 0 Å². The summed E-state index contributed by atoms with van der Waals surface area (Å²) in [5.41, 5.74) is 4.16. The Morgan fingerprint density at radius 2 is 2.25 bits per heavy atom. The van der Waals surface area contributed by atoms with Crippen LogP contribution < -0.4 is 10.6 Å². The molecule has 16 heavy (non-hydrogen) atoms. The Balaban J connectivity index is 1.80. The number of aryl methyl sites for hydroxylation is 2. The van der Waals surface area contributed by atoms with E-state index in [-0.39, 0.29) is 0 Å². The largest absolute Gasteiger partial charge is 0.313 e. The van der Waals surface area contributed by atoms with Crippen molar-refractivity contribution in [3.8, 4) is 0 Å². The minimum atomic E-state index is 0.686. The fourth-order valence-corrected chi connectivity index (χ4v) is 2.36. The molecule has 1 aromatic carbocycles. The van der Waals surface area contributed by atoms with Crippen LogP contribution >= 0.6 is 0 Å². The molecular formula is C14H22N2. The molecule has 1 heterocycles. The van der Waals surface area contributed by atoms with Crippen molar-refractivity contribution in [2.75, 3.05) is 13.1 Å². The van der Waals surface area contributed by atoms with Gasteiger partial charge in [0.2, 0.25) is 0 Å². The number of benzene rings is 1. The monoisotopic (exact) mass is 218 g/mol. The average molecular weight is 218 g/mol. The molecule has 0 aliphatic carbocycles. The second-order valence-electron chi connectivity index (χ2n) is 4.85. The Bertz CT molecular complexity index is 341. The maximum absolute atomic E-state index is 3.54. The Labute approximate surface area is 98.4 Å². The minimum absolute atomic E-state index is 0.686. The lowest BCUT2D eigenvalue weighted by Gasteiger charge is -2.13. The van der Waals surface area contributed by atoms with E-state index in [4.69, 9.17) is 0 Å². The summed E-state index contributed by atoms with van der Waals surface area (Å²) in [6.45, 7) is 7.61. The maximum Gasteiger partial charge on any atom is 0.0208 e. The van der Waals surface area contributed by atoms with Crippen LogP contribution in [0.5, 0.6) is 0 Å². The van der Waals surface area contributed by atoms with Crippen molar-refractivity contribution in [2.45, 2.75) is 39.3 Å². The predicted octanol–water partition coefficient (Wildman–Crippen LogP) is 2.15. The summed E-state index contributed by atoms with van der Waals surface area (Å²) in [5.74, 6) is 0. The molecule has 1 unspecified atom stereocenters. The second-order valence-corrected chi connectivity index (χ2v) is 4.85. The van der Waals surface area contributed by atoms with Gasteiger partial charge in [-0.1, -0.05) is 23.8 Å². The molecule has 1 aliphatic rings. The van der Waals surface area contributed by atoms with Crippen LogP contribution in [0, 0.1) is 13.8 Å². The van der Waals surface area contributed by atoms with Gasteiger partial charge in [0.1, 0.15) is 0 Å². The van der Waals surface area contributed by atoms with Crippen LogP contribution in [0.1, 0.15) is 29.5 Å². The predicted molar refractivity (Wildman–Crippen MR) is 68.6 cm³/mol. The Morgan fingerprint density at radius 1 is 1.38 bits per heavy atom. The van der Waals surface area contributed by atoms with Gasteiger partial charge in [-0.3, -0.25) is 0 Å². The van der Waals surface area contributed by atoms with Gasteiger partial charge in [-0.25, -0.2) is 0 Å². The molecule has 2 nitrogen and oxygen atoms in total. The molecule has 2 rings (SSSR count). The molecule has 1 aliphatic heterocycles. The molecule has 0 spiro atoms. The highest BCUT2D eigenvalue weighted by atomic mass is 15.0. The van der Waals surface area contributed by atoms with E-state index >= 15 is 0 Å². The second kappa shape index (κ2) is 5.46. The van der Waals surface area contributed by atoms with Crippen LogP contribution in [0.2, 0.25) is 0 Å². The number of nitrogens with one attached hydrogen (secondary N) is 2. The molecule has 1 fully saturated rings. The van der Waals surface area contributed by atoms with Gasteiger partial charge in [0.15, 0.2) is 0 Å². The van der Waals surface area contributed by atoms with E-state index < -0.39 is 0 Å². The van der Waals surface area contributed by atoms with Crippen LogP contribution in [0.25, 0.3) is 0 Å². The Hall–Kier alpha value is -0.860. The zero-order chi connectivity index (χ0) is 11.4. The summed E-state index contributed by atoms with van der Waals surface area (Å²) < 4.78 is 0. The van der Waals surface area contributed by atoms with Gasteiger partial charge in [0, 0.05) is 19.1 Å². The van der Waals surface area contributed by atoms with Gasteiger partial charge < -0.3 is 10.6 Å². The van der Waals surface area contributed by atoms with E-state index in [1.807, 2.05) is 0 Å². The van der Waals surface area contributed by atoms with Gasteiger partial charge in [-0.2, -0.15) is 0 Å². The summed E-state index contributed by atoms with van der Waals surface area (Å²) in [6, 6.07) is 7.37. The van der Waals surface area contributed by atoms with Crippen molar-refractivity contribution >= 4 is 0 Å².